The second kappa shape index (κ2) is 6.41. The number of nitrogens with zero attached hydrogens (tertiary/aromatic N) is 1. The van der Waals surface area contributed by atoms with Crippen molar-refractivity contribution in [1.29, 1.82) is 0 Å². The van der Waals surface area contributed by atoms with Crippen LogP contribution in [-0.2, 0) is 0 Å². The van der Waals surface area contributed by atoms with Gasteiger partial charge in [0.1, 0.15) is 11.6 Å². The molecule has 1 atom stereocenters. The van der Waals surface area contributed by atoms with Crippen LogP contribution in [-0.4, -0.2) is 24.5 Å². The summed E-state index contributed by atoms with van der Waals surface area (Å²) in [7, 11) is 0. The fraction of sp³-hybridized carbons (Fsp3) is 0.647. The number of halogens is 2. The average Bonchev–Trinajstić information content (AvgIpc) is 2.41. The lowest BCUT2D eigenvalue weighted by molar-refractivity contribution is 0.108. The van der Waals surface area contributed by atoms with Gasteiger partial charge in [0.2, 0.25) is 0 Å². The van der Waals surface area contributed by atoms with Crippen molar-refractivity contribution in [2.24, 2.45) is 17.1 Å². The number of nitrogens with two attached hydrogens (primary N) is 1. The molecule has 1 aromatic carbocycles. The van der Waals surface area contributed by atoms with E-state index >= 15 is 0 Å². The van der Waals surface area contributed by atoms with Crippen LogP contribution in [0.25, 0.3) is 0 Å². The van der Waals surface area contributed by atoms with Gasteiger partial charge in [-0.25, -0.2) is 8.78 Å². The van der Waals surface area contributed by atoms with Gasteiger partial charge < -0.3 is 10.6 Å². The quantitative estimate of drug-likeness (QED) is 0.921. The van der Waals surface area contributed by atoms with Gasteiger partial charge in [-0.1, -0.05) is 20.8 Å². The molecule has 1 aliphatic rings. The largest absolute Gasteiger partial charge is 0.323 e. The Kier molecular flexibility index (Phi) is 4.99. The molecular formula is C17H26F2N2. The van der Waals surface area contributed by atoms with E-state index in [1.54, 1.807) is 0 Å². The number of hydrogen-bond donors (Lipinski definition) is 1. The van der Waals surface area contributed by atoms with Crippen LogP contribution >= 0.6 is 0 Å². The highest BCUT2D eigenvalue weighted by atomic mass is 19.1. The Morgan fingerprint density at radius 2 is 1.86 bits per heavy atom. The Hall–Kier alpha value is -1.00. The highest BCUT2D eigenvalue weighted by Gasteiger charge is 2.29. The molecule has 0 radical (unpaired) electrons. The van der Waals surface area contributed by atoms with Crippen LogP contribution in [0.5, 0.6) is 0 Å². The van der Waals surface area contributed by atoms with Gasteiger partial charge in [-0.15, -0.1) is 0 Å². The van der Waals surface area contributed by atoms with Crippen molar-refractivity contribution in [2.75, 3.05) is 19.6 Å². The topological polar surface area (TPSA) is 29.3 Å². The number of likely N-dealkylation sites (tertiary alicyclic amines) is 1. The van der Waals surface area contributed by atoms with Crippen molar-refractivity contribution in [3.8, 4) is 0 Å². The zero-order chi connectivity index (χ0) is 15.6. The van der Waals surface area contributed by atoms with Crippen LogP contribution in [0.3, 0.4) is 0 Å². The van der Waals surface area contributed by atoms with Gasteiger partial charge in [0.25, 0.3) is 0 Å². The Balaban J connectivity index is 1.93. The lowest BCUT2D eigenvalue weighted by atomic mass is 9.75. The minimum Gasteiger partial charge on any atom is -0.323 e. The normalized spacial score (nSPS) is 19.7. The van der Waals surface area contributed by atoms with E-state index in [1.807, 2.05) is 0 Å². The highest BCUT2D eigenvalue weighted by molar-refractivity contribution is 5.22. The van der Waals surface area contributed by atoms with E-state index < -0.39 is 17.7 Å². The van der Waals surface area contributed by atoms with Crippen LogP contribution in [0.4, 0.5) is 8.78 Å². The third-order valence-electron chi connectivity index (χ3n) is 4.62. The summed E-state index contributed by atoms with van der Waals surface area (Å²) in [4.78, 5) is 2.26. The molecule has 21 heavy (non-hydrogen) atoms. The van der Waals surface area contributed by atoms with Crippen LogP contribution in [0.2, 0.25) is 0 Å². The molecule has 0 aliphatic carbocycles. The highest BCUT2D eigenvalue weighted by Crippen LogP contribution is 2.34. The molecule has 1 heterocycles. The summed E-state index contributed by atoms with van der Waals surface area (Å²) >= 11 is 0. The average molecular weight is 296 g/mol. The van der Waals surface area contributed by atoms with Gasteiger partial charge in [0.15, 0.2) is 0 Å². The van der Waals surface area contributed by atoms with Crippen LogP contribution < -0.4 is 5.73 Å². The fourth-order valence-corrected chi connectivity index (χ4v) is 3.16. The van der Waals surface area contributed by atoms with Gasteiger partial charge in [0, 0.05) is 18.2 Å². The molecule has 0 amide bonds. The smallest absolute Gasteiger partial charge is 0.128 e. The van der Waals surface area contributed by atoms with Gasteiger partial charge >= 0.3 is 0 Å². The zero-order valence-corrected chi connectivity index (χ0v) is 13.2. The molecule has 2 N–H and O–H groups in total. The lowest BCUT2D eigenvalue weighted by Crippen LogP contribution is -2.41. The first-order valence-corrected chi connectivity index (χ1v) is 7.70. The Morgan fingerprint density at radius 1 is 1.24 bits per heavy atom. The molecule has 0 spiro atoms. The molecule has 4 heteroatoms. The van der Waals surface area contributed by atoms with Crippen molar-refractivity contribution in [1.82, 2.24) is 4.90 Å². The standard InChI is InChI=1S/C17H26F2N2/c1-17(2,3)12-6-8-21(9-7-12)11-16(20)14-10-13(18)4-5-15(14)19/h4-5,10,12,16H,6-9,11,20H2,1-3H3. The number of benzene rings is 1. The van der Waals surface area contributed by atoms with Crippen molar-refractivity contribution in [3.63, 3.8) is 0 Å². The first kappa shape index (κ1) is 16.4. The minimum atomic E-state index is -0.480. The summed E-state index contributed by atoms with van der Waals surface area (Å²) in [5.41, 5.74) is 6.68. The summed E-state index contributed by atoms with van der Waals surface area (Å²) < 4.78 is 27.0. The minimum absolute atomic E-state index is 0.271. The lowest BCUT2D eigenvalue weighted by Gasteiger charge is -2.39. The van der Waals surface area contributed by atoms with Crippen LogP contribution in [0.1, 0.15) is 45.2 Å². The Labute approximate surface area is 126 Å². The first-order valence-electron chi connectivity index (χ1n) is 7.70. The molecule has 0 saturated carbocycles. The number of hydrogen-bond acceptors (Lipinski definition) is 2. The zero-order valence-electron chi connectivity index (χ0n) is 13.2. The summed E-state index contributed by atoms with van der Waals surface area (Å²) in [6.45, 7) is 9.37. The van der Waals surface area contributed by atoms with Gasteiger partial charge in [-0.3, -0.25) is 0 Å². The maximum atomic E-state index is 13.7. The van der Waals surface area contributed by atoms with Crippen molar-refractivity contribution >= 4 is 0 Å². The number of rotatable bonds is 3. The molecule has 1 saturated heterocycles. The molecule has 0 aromatic heterocycles. The second-order valence-electron chi connectivity index (χ2n) is 7.21. The SMILES string of the molecule is CC(C)(C)C1CCN(CC(N)c2cc(F)ccc2F)CC1. The van der Waals surface area contributed by atoms with E-state index in [2.05, 4.69) is 25.7 Å². The molecule has 1 unspecified atom stereocenters. The van der Waals surface area contributed by atoms with Gasteiger partial charge in [-0.2, -0.15) is 0 Å². The van der Waals surface area contributed by atoms with Crippen LogP contribution in [0, 0.1) is 23.0 Å². The van der Waals surface area contributed by atoms with Crippen molar-refractivity contribution in [3.05, 3.63) is 35.4 Å². The number of piperidine rings is 1. The van der Waals surface area contributed by atoms with E-state index in [0.717, 1.165) is 44.0 Å². The predicted molar refractivity (Wildman–Crippen MR) is 81.9 cm³/mol. The molecule has 1 aromatic rings. The van der Waals surface area contributed by atoms with Gasteiger partial charge in [-0.05, 0) is 55.5 Å². The third kappa shape index (κ3) is 4.24. The molecule has 0 bridgehead atoms. The predicted octanol–water partition coefficient (Wildman–Crippen LogP) is 3.72. The first-order chi connectivity index (χ1) is 9.77. The Bertz CT molecular complexity index is 474. The van der Waals surface area contributed by atoms with E-state index in [4.69, 9.17) is 5.73 Å². The summed E-state index contributed by atoms with van der Waals surface area (Å²) in [6.07, 6.45) is 2.28. The molecule has 1 fully saturated rings. The molecular weight excluding hydrogens is 270 g/mol. The van der Waals surface area contributed by atoms with Gasteiger partial charge in [0.05, 0.1) is 0 Å². The molecule has 2 rings (SSSR count). The van der Waals surface area contributed by atoms with Crippen LogP contribution in [0.15, 0.2) is 18.2 Å². The van der Waals surface area contributed by atoms with E-state index in [-0.39, 0.29) is 5.56 Å². The van der Waals surface area contributed by atoms with Crippen molar-refractivity contribution in [2.45, 2.75) is 39.7 Å². The summed E-state index contributed by atoms with van der Waals surface area (Å²) in [6, 6.07) is 3.01. The van der Waals surface area contributed by atoms with E-state index in [0.29, 0.717) is 12.0 Å². The van der Waals surface area contributed by atoms with Crippen molar-refractivity contribution < 1.29 is 8.78 Å². The second-order valence-corrected chi connectivity index (χ2v) is 7.21. The Morgan fingerprint density at radius 3 is 2.43 bits per heavy atom. The van der Waals surface area contributed by atoms with E-state index in [9.17, 15) is 8.78 Å². The maximum absolute atomic E-state index is 13.7. The monoisotopic (exact) mass is 296 g/mol. The third-order valence-corrected chi connectivity index (χ3v) is 4.62. The summed E-state index contributed by atoms with van der Waals surface area (Å²) in [5.74, 6) is -0.141. The molecule has 2 nitrogen and oxygen atoms in total. The fourth-order valence-electron chi connectivity index (χ4n) is 3.16. The molecule has 118 valence electrons. The maximum Gasteiger partial charge on any atom is 0.128 e. The molecule has 1 aliphatic heterocycles. The van der Waals surface area contributed by atoms with E-state index in [1.165, 1.54) is 6.07 Å². The summed E-state index contributed by atoms with van der Waals surface area (Å²) in [5, 5.41) is 0.